The van der Waals surface area contributed by atoms with Crippen LogP contribution in [-0.2, 0) is 14.0 Å². The molecule has 2 aromatic rings. The van der Waals surface area contributed by atoms with Crippen molar-refractivity contribution in [3.63, 3.8) is 0 Å². The van der Waals surface area contributed by atoms with Crippen LogP contribution >= 0.6 is 0 Å². The number of nitrogens with one attached hydrogen (secondary N) is 2. The number of nitrogens with zero attached hydrogens (tertiary/aromatic N) is 3. The van der Waals surface area contributed by atoms with Crippen LogP contribution in [0.15, 0.2) is 11.1 Å². The molecule has 0 bridgehead atoms. The number of fused-ring (bicyclic) bond motifs is 1. The van der Waals surface area contributed by atoms with Gasteiger partial charge in [0.1, 0.15) is 18.3 Å². The van der Waals surface area contributed by atoms with Crippen LogP contribution in [-0.4, -0.2) is 68.9 Å². The second-order valence-electron chi connectivity index (χ2n) is 9.96. The van der Waals surface area contributed by atoms with Crippen LogP contribution in [0.1, 0.15) is 40.8 Å². The van der Waals surface area contributed by atoms with Gasteiger partial charge in [0.15, 0.2) is 25.7 Å². The molecule has 1 fully saturated rings. The summed E-state index contributed by atoms with van der Waals surface area (Å²) in [6, 6.07) is 0. The van der Waals surface area contributed by atoms with E-state index in [1.807, 2.05) is 0 Å². The lowest BCUT2D eigenvalue weighted by Gasteiger charge is -2.39. The summed E-state index contributed by atoms with van der Waals surface area (Å²) in [5, 5.41) is 23.4. The van der Waals surface area contributed by atoms with Crippen molar-refractivity contribution < 1.29 is 24.2 Å². The van der Waals surface area contributed by atoms with Crippen LogP contribution in [0.2, 0.25) is 18.1 Å². The van der Waals surface area contributed by atoms with Gasteiger partial charge in [0.05, 0.1) is 12.9 Å². The molecular formula is C20H33N5O6Si. The highest BCUT2D eigenvalue weighted by atomic mass is 28.4. The number of H-pyrrole nitrogens is 1. The third-order valence-electron chi connectivity index (χ3n) is 6.20. The molecule has 1 saturated heterocycles. The summed E-state index contributed by atoms with van der Waals surface area (Å²) in [4.78, 5) is 35.4. The first kappa shape index (κ1) is 24.5. The summed E-state index contributed by atoms with van der Waals surface area (Å²) in [7, 11) is -2.28. The number of hydrogen-bond donors (Lipinski definition) is 4. The van der Waals surface area contributed by atoms with Gasteiger partial charge in [-0.3, -0.25) is 24.5 Å². The molecule has 0 aromatic carbocycles. The highest BCUT2D eigenvalue weighted by Crippen LogP contribution is 2.41. The molecule has 3 rings (SSSR count). The molecule has 1 aliphatic heterocycles. The number of carbonyl (C=O) groups excluding carboxylic acids is 1. The molecule has 3 heterocycles. The zero-order valence-corrected chi connectivity index (χ0v) is 20.5. The lowest BCUT2D eigenvalue weighted by molar-refractivity contribution is -0.118. The zero-order valence-electron chi connectivity index (χ0n) is 19.5. The van der Waals surface area contributed by atoms with Crippen LogP contribution in [0.4, 0.5) is 5.95 Å². The summed E-state index contributed by atoms with van der Waals surface area (Å²) in [6.45, 7) is 13.5. The smallest absolute Gasteiger partial charge is 0.280 e. The minimum absolute atomic E-state index is 0.0248. The number of ether oxygens (including phenoxy) is 1. The standard InChI is InChI=1S/C20H33N5O6Si/c1-10(2)16(28)23-19-22-15-12(17(29)24-19)21-9-25(15)18-13(27)14(11(8-26)30-18)31-32(6,7)20(3,4)5/h9-11,13-14,18,26-27H,8H2,1-7H3,(H2,22,23,24,28,29). The number of aromatic amines is 1. The van der Waals surface area contributed by atoms with Gasteiger partial charge in [0, 0.05) is 5.92 Å². The Bertz CT molecular complexity index is 1040. The summed E-state index contributed by atoms with van der Waals surface area (Å²) >= 11 is 0. The van der Waals surface area contributed by atoms with Crippen LogP contribution < -0.4 is 10.9 Å². The van der Waals surface area contributed by atoms with Crippen molar-refractivity contribution in [1.82, 2.24) is 19.5 Å². The average Bonchev–Trinajstić information content (AvgIpc) is 3.22. The molecular weight excluding hydrogens is 434 g/mol. The number of aliphatic hydroxyl groups is 2. The molecule has 0 radical (unpaired) electrons. The van der Waals surface area contributed by atoms with E-state index in [2.05, 4.69) is 54.1 Å². The van der Waals surface area contributed by atoms with E-state index in [4.69, 9.17) is 9.16 Å². The number of imidazole rings is 1. The Morgan fingerprint density at radius 2 is 2.06 bits per heavy atom. The second-order valence-corrected chi connectivity index (χ2v) is 14.7. The molecule has 32 heavy (non-hydrogen) atoms. The monoisotopic (exact) mass is 467 g/mol. The Morgan fingerprint density at radius 3 is 2.62 bits per heavy atom. The summed E-state index contributed by atoms with van der Waals surface area (Å²) in [6.07, 6.45) is -2.28. The van der Waals surface area contributed by atoms with Crippen molar-refractivity contribution in [2.75, 3.05) is 11.9 Å². The fourth-order valence-corrected chi connectivity index (χ4v) is 4.52. The fraction of sp³-hybridized carbons (Fsp3) is 0.700. The van der Waals surface area contributed by atoms with Crippen molar-refractivity contribution in [2.45, 2.75) is 77.3 Å². The Hall–Kier alpha value is -2.12. The van der Waals surface area contributed by atoms with E-state index in [0.717, 1.165) is 0 Å². The van der Waals surface area contributed by atoms with E-state index in [0.29, 0.717) is 0 Å². The van der Waals surface area contributed by atoms with Gasteiger partial charge >= 0.3 is 0 Å². The summed E-state index contributed by atoms with van der Waals surface area (Å²) in [5.74, 6) is -0.637. The third-order valence-corrected chi connectivity index (χ3v) is 10.7. The first-order valence-electron chi connectivity index (χ1n) is 10.7. The molecule has 0 saturated carbocycles. The van der Waals surface area contributed by atoms with Crippen molar-refractivity contribution in [2.24, 2.45) is 5.92 Å². The molecule has 4 atom stereocenters. The number of aromatic nitrogens is 4. The van der Waals surface area contributed by atoms with Gasteiger partial charge < -0.3 is 19.4 Å². The van der Waals surface area contributed by atoms with Gasteiger partial charge in [-0.2, -0.15) is 4.98 Å². The van der Waals surface area contributed by atoms with Gasteiger partial charge in [0.2, 0.25) is 11.9 Å². The molecule has 0 spiro atoms. The van der Waals surface area contributed by atoms with Crippen LogP contribution in [0.3, 0.4) is 0 Å². The number of amides is 1. The van der Waals surface area contributed by atoms with E-state index in [1.54, 1.807) is 13.8 Å². The molecule has 4 unspecified atom stereocenters. The van der Waals surface area contributed by atoms with E-state index in [9.17, 15) is 19.8 Å². The van der Waals surface area contributed by atoms with Gasteiger partial charge in [-0.1, -0.05) is 34.6 Å². The Morgan fingerprint density at radius 1 is 1.41 bits per heavy atom. The van der Waals surface area contributed by atoms with Crippen molar-refractivity contribution in [3.05, 3.63) is 16.7 Å². The maximum Gasteiger partial charge on any atom is 0.280 e. The molecule has 12 heteroatoms. The number of carbonyl (C=O) groups is 1. The Kier molecular flexibility index (Phi) is 6.64. The molecule has 1 amide bonds. The van der Waals surface area contributed by atoms with Crippen LogP contribution in [0.25, 0.3) is 11.2 Å². The fourth-order valence-electron chi connectivity index (χ4n) is 3.19. The average molecular weight is 468 g/mol. The molecule has 178 valence electrons. The normalized spacial score (nSPS) is 24.4. The largest absolute Gasteiger partial charge is 0.408 e. The predicted molar refractivity (Wildman–Crippen MR) is 121 cm³/mol. The maximum absolute atomic E-state index is 12.5. The lowest BCUT2D eigenvalue weighted by atomic mass is 10.1. The molecule has 1 aliphatic rings. The van der Waals surface area contributed by atoms with Crippen molar-refractivity contribution >= 4 is 31.3 Å². The third kappa shape index (κ3) is 4.50. The maximum atomic E-state index is 12.5. The van der Waals surface area contributed by atoms with Crippen molar-refractivity contribution in [1.29, 1.82) is 0 Å². The Balaban J connectivity index is 1.97. The van der Waals surface area contributed by atoms with Crippen LogP contribution in [0, 0.1) is 5.92 Å². The topological polar surface area (TPSA) is 152 Å². The van der Waals surface area contributed by atoms with Gasteiger partial charge in [-0.25, -0.2) is 4.98 Å². The number of aliphatic hydroxyl groups excluding tert-OH is 2. The molecule has 2 aromatic heterocycles. The van der Waals surface area contributed by atoms with Gasteiger partial charge in [-0.05, 0) is 18.1 Å². The second kappa shape index (κ2) is 8.67. The highest BCUT2D eigenvalue weighted by molar-refractivity contribution is 6.74. The number of rotatable bonds is 6. The first-order chi connectivity index (χ1) is 14.8. The first-order valence-corrected chi connectivity index (χ1v) is 13.6. The quantitative estimate of drug-likeness (QED) is 0.465. The van der Waals surface area contributed by atoms with E-state index in [1.165, 1.54) is 10.9 Å². The lowest BCUT2D eigenvalue weighted by Crippen LogP contribution is -2.49. The SMILES string of the molecule is CC(C)C(=O)Nc1nc2c(ncn2C2OC(CO)C(O[Si](C)(C)C(C)(C)C)C2O)c(=O)[nH]1. The van der Waals surface area contributed by atoms with Crippen molar-refractivity contribution in [3.8, 4) is 0 Å². The van der Waals surface area contributed by atoms with E-state index >= 15 is 0 Å². The summed E-state index contributed by atoms with van der Waals surface area (Å²) < 4.78 is 13.7. The van der Waals surface area contributed by atoms with Crippen LogP contribution in [0.5, 0.6) is 0 Å². The minimum Gasteiger partial charge on any atom is -0.408 e. The summed E-state index contributed by atoms with van der Waals surface area (Å²) in [5.41, 5.74) is -0.354. The molecule has 0 aliphatic carbocycles. The van der Waals surface area contributed by atoms with E-state index < -0.39 is 38.4 Å². The molecule has 11 nitrogen and oxygen atoms in total. The van der Waals surface area contributed by atoms with E-state index in [-0.39, 0.29) is 40.6 Å². The molecule has 4 N–H and O–H groups in total. The highest BCUT2D eigenvalue weighted by Gasteiger charge is 2.50. The predicted octanol–water partition coefficient (Wildman–Crippen LogP) is 1.36. The van der Waals surface area contributed by atoms with Gasteiger partial charge in [0.25, 0.3) is 5.56 Å². The number of hydrogen-bond acceptors (Lipinski definition) is 8. The Labute approximate surface area is 187 Å². The van der Waals surface area contributed by atoms with Gasteiger partial charge in [-0.15, -0.1) is 0 Å². The zero-order chi connectivity index (χ0) is 24.0. The minimum atomic E-state index is -2.28. The number of anilines is 1.